The third-order valence-corrected chi connectivity index (χ3v) is 3.72. The summed E-state index contributed by atoms with van der Waals surface area (Å²) >= 11 is 0. The molecule has 0 aliphatic heterocycles. The second-order valence-electron chi connectivity index (χ2n) is 4.79. The van der Waals surface area contributed by atoms with Crippen LogP contribution in [0.5, 0.6) is 0 Å². The fourth-order valence-corrected chi connectivity index (χ4v) is 2.62. The zero-order valence-electron chi connectivity index (χ0n) is 11.5. The number of carbonyl (C=O) groups is 1. The van der Waals surface area contributed by atoms with E-state index in [2.05, 4.69) is 14.7 Å². The molecule has 0 aromatic carbocycles. The number of nitrogen functional groups attached to an aromatic ring is 1. The van der Waals surface area contributed by atoms with Gasteiger partial charge in [-0.25, -0.2) is 14.8 Å². The topological polar surface area (TPSA) is 87.3 Å². The number of hydrogen-bond donors (Lipinski definition) is 1. The molecule has 0 radical (unpaired) electrons. The van der Waals surface area contributed by atoms with E-state index >= 15 is 0 Å². The van der Waals surface area contributed by atoms with E-state index in [1.54, 1.807) is 14.0 Å². The van der Waals surface area contributed by atoms with Crippen LogP contribution in [0.2, 0.25) is 0 Å². The van der Waals surface area contributed by atoms with E-state index < -0.39 is 11.6 Å². The highest BCUT2D eigenvalue weighted by Gasteiger charge is 2.39. The fourth-order valence-electron chi connectivity index (χ4n) is 2.62. The fraction of sp³-hybridized carbons (Fsp3) is 0.615. The second kappa shape index (κ2) is 5.13. The van der Waals surface area contributed by atoms with Crippen molar-refractivity contribution < 1.29 is 14.3 Å². The Morgan fingerprint density at radius 2 is 1.89 bits per heavy atom. The van der Waals surface area contributed by atoms with Crippen LogP contribution in [0.4, 0.5) is 5.82 Å². The summed E-state index contributed by atoms with van der Waals surface area (Å²) in [4.78, 5) is 20.3. The van der Waals surface area contributed by atoms with Crippen LogP contribution in [0, 0.1) is 6.92 Å². The van der Waals surface area contributed by atoms with Gasteiger partial charge in [0.05, 0.1) is 12.8 Å². The van der Waals surface area contributed by atoms with Crippen LogP contribution >= 0.6 is 0 Å². The lowest BCUT2D eigenvalue weighted by Crippen LogP contribution is -2.29. The Labute approximate surface area is 112 Å². The SMILES string of the molecule is COC(=O)c1c(C)nc(C2(OC)CCCC2)nc1N. The molecule has 1 fully saturated rings. The number of nitrogens with zero attached hydrogens (tertiary/aromatic N) is 2. The standard InChI is InChI=1S/C13H19N3O3/c1-8-9(11(17)18-2)10(14)16-12(15-8)13(19-3)6-4-5-7-13/h4-7H2,1-3H3,(H2,14,15,16). The summed E-state index contributed by atoms with van der Waals surface area (Å²) in [5.74, 6) is 0.201. The van der Waals surface area contributed by atoms with Crippen molar-refractivity contribution in [3.63, 3.8) is 0 Å². The third-order valence-electron chi connectivity index (χ3n) is 3.72. The van der Waals surface area contributed by atoms with Gasteiger partial charge in [0.25, 0.3) is 0 Å². The molecule has 0 spiro atoms. The highest BCUT2D eigenvalue weighted by molar-refractivity contribution is 5.95. The average Bonchev–Trinajstić information content (AvgIpc) is 2.87. The Balaban J connectivity index is 2.47. The number of aryl methyl sites for hydroxylation is 1. The largest absolute Gasteiger partial charge is 0.465 e. The molecule has 0 saturated heterocycles. The molecule has 1 saturated carbocycles. The van der Waals surface area contributed by atoms with Gasteiger partial charge in [0.2, 0.25) is 0 Å². The summed E-state index contributed by atoms with van der Waals surface area (Å²) in [6.45, 7) is 1.73. The lowest BCUT2D eigenvalue weighted by Gasteiger charge is -2.26. The minimum Gasteiger partial charge on any atom is -0.465 e. The molecule has 19 heavy (non-hydrogen) atoms. The smallest absolute Gasteiger partial charge is 0.343 e. The molecule has 104 valence electrons. The molecule has 1 aromatic rings. The third kappa shape index (κ3) is 2.28. The number of methoxy groups -OCH3 is 2. The molecule has 0 amide bonds. The number of nitrogens with two attached hydrogens (primary N) is 1. The van der Waals surface area contributed by atoms with Crippen molar-refractivity contribution in [2.45, 2.75) is 38.2 Å². The molecule has 1 aliphatic rings. The maximum absolute atomic E-state index is 11.6. The first kappa shape index (κ1) is 13.7. The van der Waals surface area contributed by atoms with Crippen molar-refractivity contribution in [1.82, 2.24) is 9.97 Å². The van der Waals surface area contributed by atoms with E-state index in [0.29, 0.717) is 11.5 Å². The van der Waals surface area contributed by atoms with Crippen LogP contribution in [0.15, 0.2) is 0 Å². The lowest BCUT2D eigenvalue weighted by molar-refractivity contribution is -0.0163. The van der Waals surface area contributed by atoms with E-state index in [1.165, 1.54) is 7.11 Å². The molecule has 2 N–H and O–H groups in total. The molecule has 1 aliphatic carbocycles. The van der Waals surface area contributed by atoms with E-state index in [9.17, 15) is 4.79 Å². The lowest BCUT2D eigenvalue weighted by atomic mass is 10.0. The molecular formula is C13H19N3O3. The molecule has 0 atom stereocenters. The first-order valence-electron chi connectivity index (χ1n) is 6.32. The summed E-state index contributed by atoms with van der Waals surface area (Å²) in [5.41, 5.74) is 6.17. The number of esters is 1. The van der Waals surface area contributed by atoms with Crippen LogP contribution < -0.4 is 5.73 Å². The first-order chi connectivity index (χ1) is 9.04. The van der Waals surface area contributed by atoms with Gasteiger partial charge in [0.1, 0.15) is 17.0 Å². The molecule has 0 unspecified atom stereocenters. The molecule has 6 heteroatoms. The number of carbonyl (C=O) groups excluding carboxylic acids is 1. The normalized spacial score (nSPS) is 17.4. The minimum absolute atomic E-state index is 0.151. The first-order valence-corrected chi connectivity index (χ1v) is 6.32. The van der Waals surface area contributed by atoms with Gasteiger partial charge in [0.15, 0.2) is 5.82 Å². The van der Waals surface area contributed by atoms with E-state index in [1.807, 2.05) is 0 Å². The summed E-state index contributed by atoms with van der Waals surface area (Å²) in [5, 5.41) is 0. The van der Waals surface area contributed by atoms with Crippen molar-refractivity contribution in [3.8, 4) is 0 Å². The quantitative estimate of drug-likeness (QED) is 0.835. The Morgan fingerprint density at radius 1 is 1.26 bits per heavy atom. The van der Waals surface area contributed by atoms with Crippen LogP contribution in [0.25, 0.3) is 0 Å². The Kier molecular flexibility index (Phi) is 3.71. The number of ether oxygens (including phenoxy) is 2. The van der Waals surface area contributed by atoms with E-state index in [4.69, 9.17) is 10.5 Å². The maximum Gasteiger partial charge on any atom is 0.343 e. The highest BCUT2D eigenvalue weighted by atomic mass is 16.5. The van der Waals surface area contributed by atoms with Crippen molar-refractivity contribution in [3.05, 3.63) is 17.1 Å². The van der Waals surface area contributed by atoms with Gasteiger partial charge in [-0.15, -0.1) is 0 Å². The number of rotatable bonds is 3. The Bertz CT molecular complexity index is 473. The molecule has 0 bridgehead atoms. The van der Waals surface area contributed by atoms with Crippen molar-refractivity contribution in [1.29, 1.82) is 0 Å². The van der Waals surface area contributed by atoms with Gasteiger partial charge < -0.3 is 15.2 Å². The average molecular weight is 265 g/mol. The summed E-state index contributed by atoms with van der Waals surface area (Å²) < 4.78 is 10.3. The van der Waals surface area contributed by atoms with E-state index in [-0.39, 0.29) is 11.4 Å². The van der Waals surface area contributed by atoms with Crippen LogP contribution in [0.1, 0.15) is 47.6 Å². The molecule has 2 rings (SSSR count). The number of anilines is 1. The van der Waals surface area contributed by atoms with Gasteiger partial charge in [-0.1, -0.05) is 0 Å². The molecular weight excluding hydrogens is 246 g/mol. The van der Waals surface area contributed by atoms with Crippen molar-refractivity contribution in [2.24, 2.45) is 0 Å². The minimum atomic E-state index is -0.514. The zero-order valence-corrected chi connectivity index (χ0v) is 11.5. The van der Waals surface area contributed by atoms with Crippen LogP contribution in [-0.4, -0.2) is 30.2 Å². The second-order valence-corrected chi connectivity index (χ2v) is 4.79. The molecule has 6 nitrogen and oxygen atoms in total. The van der Waals surface area contributed by atoms with Gasteiger partial charge in [-0.2, -0.15) is 0 Å². The van der Waals surface area contributed by atoms with Gasteiger partial charge in [-0.05, 0) is 32.6 Å². The maximum atomic E-state index is 11.6. The summed E-state index contributed by atoms with van der Waals surface area (Å²) in [6.07, 6.45) is 3.91. The van der Waals surface area contributed by atoms with Gasteiger partial charge >= 0.3 is 5.97 Å². The molecule has 1 aromatic heterocycles. The van der Waals surface area contributed by atoms with Gasteiger partial charge in [0, 0.05) is 7.11 Å². The monoisotopic (exact) mass is 265 g/mol. The number of hydrogen-bond acceptors (Lipinski definition) is 6. The zero-order chi connectivity index (χ0) is 14.0. The Morgan fingerprint density at radius 3 is 2.37 bits per heavy atom. The van der Waals surface area contributed by atoms with Crippen molar-refractivity contribution in [2.75, 3.05) is 20.0 Å². The van der Waals surface area contributed by atoms with E-state index in [0.717, 1.165) is 25.7 Å². The van der Waals surface area contributed by atoms with Gasteiger partial charge in [-0.3, -0.25) is 0 Å². The van der Waals surface area contributed by atoms with Crippen molar-refractivity contribution >= 4 is 11.8 Å². The summed E-state index contributed by atoms with van der Waals surface area (Å²) in [6, 6.07) is 0. The van der Waals surface area contributed by atoms with Crippen LogP contribution in [-0.2, 0) is 15.1 Å². The number of aromatic nitrogens is 2. The predicted octanol–water partition coefficient (Wildman–Crippen LogP) is 1.57. The Hall–Kier alpha value is -1.69. The highest BCUT2D eigenvalue weighted by Crippen LogP contribution is 2.40. The predicted molar refractivity (Wildman–Crippen MR) is 69.7 cm³/mol. The summed E-state index contributed by atoms with van der Waals surface area (Å²) in [7, 11) is 2.97. The molecule has 1 heterocycles. The van der Waals surface area contributed by atoms with Crippen LogP contribution in [0.3, 0.4) is 0 Å².